The third-order valence-corrected chi connectivity index (χ3v) is 6.77. The maximum atomic E-state index is 13.9. The predicted octanol–water partition coefficient (Wildman–Crippen LogP) is 7.91. The van der Waals surface area contributed by atoms with E-state index in [2.05, 4.69) is 26.3 Å². The number of anilines is 5. The van der Waals surface area contributed by atoms with Crippen molar-refractivity contribution in [1.82, 2.24) is 9.97 Å². The van der Waals surface area contributed by atoms with Crippen LogP contribution in [-0.4, -0.2) is 38.2 Å². The third kappa shape index (κ3) is 9.32. The summed E-state index contributed by atoms with van der Waals surface area (Å²) in [6.45, 7) is 3.96. The van der Waals surface area contributed by atoms with Crippen LogP contribution in [0.25, 0.3) is 0 Å². The topological polar surface area (TPSA) is 118 Å². The van der Waals surface area contributed by atoms with Gasteiger partial charge in [0, 0.05) is 50.9 Å². The number of nitrogens with zero attached hydrogens (tertiary/aromatic N) is 6. The highest BCUT2D eigenvalue weighted by Gasteiger charge is 2.13. The van der Waals surface area contributed by atoms with Crippen LogP contribution < -0.4 is 20.9 Å². The van der Waals surface area contributed by atoms with Crippen LogP contribution in [0.5, 0.6) is 0 Å². The molecule has 0 amide bonds. The molecule has 13 heteroatoms. The van der Waals surface area contributed by atoms with E-state index in [-0.39, 0.29) is 32.4 Å². The number of pyridine rings is 2. The zero-order valence-corrected chi connectivity index (χ0v) is 26.5. The van der Waals surface area contributed by atoms with E-state index in [4.69, 9.17) is 51.1 Å². The number of hydrogen-bond donors (Lipinski definition) is 2. The Balaban J connectivity index is 0.000000247. The van der Waals surface area contributed by atoms with Crippen molar-refractivity contribution in [2.24, 2.45) is 0 Å². The molecule has 3 N–H and O–H groups in total. The SMILES string of the molecule is Cc1c(N)cccc1N(C)C.Cc1c(Nc2nc(Cl)c(C#N)cc2F)cccc1N(C)C.N#Cc1cc(F)c(Cl)nc1Cl. The smallest absolute Gasteiger partial charge is 0.168 e. The highest BCUT2D eigenvalue weighted by atomic mass is 35.5. The summed E-state index contributed by atoms with van der Waals surface area (Å²) >= 11 is 16.5. The summed E-state index contributed by atoms with van der Waals surface area (Å²) < 4.78 is 26.5. The van der Waals surface area contributed by atoms with Crippen molar-refractivity contribution < 1.29 is 8.78 Å². The molecule has 0 aliphatic carbocycles. The van der Waals surface area contributed by atoms with Gasteiger partial charge in [-0.25, -0.2) is 18.7 Å². The van der Waals surface area contributed by atoms with Crippen LogP contribution in [0.15, 0.2) is 48.5 Å². The molecule has 8 nitrogen and oxygen atoms in total. The molecule has 4 aromatic rings. The molecule has 224 valence electrons. The maximum Gasteiger partial charge on any atom is 0.168 e. The summed E-state index contributed by atoms with van der Waals surface area (Å²) in [6, 6.07) is 17.1. The predicted molar refractivity (Wildman–Crippen MR) is 172 cm³/mol. The number of nitriles is 2. The number of rotatable bonds is 4. The monoisotopic (exact) mass is 644 g/mol. The fourth-order valence-corrected chi connectivity index (χ4v) is 4.20. The Morgan fingerprint density at radius 3 is 1.74 bits per heavy atom. The molecule has 2 aromatic carbocycles. The Morgan fingerprint density at radius 2 is 1.23 bits per heavy atom. The van der Waals surface area contributed by atoms with Crippen LogP contribution >= 0.6 is 34.8 Å². The van der Waals surface area contributed by atoms with Gasteiger partial charge in [0.15, 0.2) is 22.6 Å². The molecule has 0 spiro atoms. The van der Waals surface area contributed by atoms with Gasteiger partial charge in [-0.1, -0.05) is 46.9 Å². The summed E-state index contributed by atoms with van der Waals surface area (Å²) in [7, 11) is 7.90. The van der Waals surface area contributed by atoms with Crippen LogP contribution in [0.3, 0.4) is 0 Å². The minimum Gasteiger partial charge on any atom is -0.398 e. The van der Waals surface area contributed by atoms with Crippen LogP contribution in [-0.2, 0) is 0 Å². The summed E-state index contributed by atoms with van der Waals surface area (Å²) in [5.41, 5.74) is 11.6. The lowest BCUT2D eigenvalue weighted by molar-refractivity contribution is 0.621. The van der Waals surface area contributed by atoms with Gasteiger partial charge in [0.1, 0.15) is 22.4 Å². The molecular weight excluding hydrogens is 617 g/mol. The summed E-state index contributed by atoms with van der Waals surface area (Å²) in [5.74, 6) is -1.36. The van der Waals surface area contributed by atoms with E-state index < -0.39 is 11.6 Å². The van der Waals surface area contributed by atoms with Gasteiger partial charge < -0.3 is 20.9 Å². The molecule has 43 heavy (non-hydrogen) atoms. The lowest BCUT2D eigenvalue weighted by Gasteiger charge is -2.19. The van der Waals surface area contributed by atoms with E-state index in [0.29, 0.717) is 0 Å². The third-order valence-electron chi connectivity index (χ3n) is 5.93. The van der Waals surface area contributed by atoms with Crippen LogP contribution in [0.2, 0.25) is 15.5 Å². The molecule has 0 saturated carbocycles. The molecule has 2 heterocycles. The summed E-state index contributed by atoms with van der Waals surface area (Å²) in [6.07, 6.45) is 0. The molecule has 0 saturated heterocycles. The first-order valence-corrected chi connectivity index (χ1v) is 13.6. The molecule has 0 atom stereocenters. The lowest BCUT2D eigenvalue weighted by atomic mass is 10.1. The molecule has 0 unspecified atom stereocenters. The Bertz CT molecular complexity index is 1680. The van der Waals surface area contributed by atoms with Crippen LogP contribution in [0.1, 0.15) is 22.3 Å². The van der Waals surface area contributed by atoms with E-state index in [1.807, 2.05) is 77.3 Å². The second-order valence-corrected chi connectivity index (χ2v) is 10.4. The van der Waals surface area contributed by atoms with Crippen molar-refractivity contribution in [3.63, 3.8) is 0 Å². The average Bonchev–Trinajstić information content (AvgIpc) is 2.95. The van der Waals surface area contributed by atoms with E-state index in [9.17, 15) is 8.78 Å². The van der Waals surface area contributed by atoms with Gasteiger partial charge in [0.25, 0.3) is 0 Å². The van der Waals surface area contributed by atoms with Crippen molar-refractivity contribution in [3.8, 4) is 12.1 Å². The van der Waals surface area contributed by atoms with Crippen molar-refractivity contribution in [2.75, 3.05) is 49.0 Å². The van der Waals surface area contributed by atoms with Gasteiger partial charge in [-0.15, -0.1) is 0 Å². The Hall–Kier alpha value is -4.35. The quantitative estimate of drug-likeness (QED) is 0.170. The Labute approximate surface area is 264 Å². The van der Waals surface area contributed by atoms with Gasteiger partial charge in [-0.05, 0) is 61.4 Å². The normalized spacial score (nSPS) is 9.79. The van der Waals surface area contributed by atoms with Crippen molar-refractivity contribution in [1.29, 1.82) is 10.5 Å². The molecule has 0 bridgehead atoms. The van der Waals surface area contributed by atoms with E-state index in [1.165, 1.54) is 5.69 Å². The molecule has 0 fully saturated rings. The number of halogens is 5. The molecule has 0 aliphatic heterocycles. The minimum atomic E-state index is -0.743. The standard InChI is InChI=1S/C15H14ClFN4.C9H14N2.C6HCl2FN2/c1-9-12(5-4-6-13(9)21(2)3)19-15-11(17)7-10(8-18)14(16)20-15;1-7-8(10)5-4-6-9(7)11(2)3;7-5-3(2-10)1-4(9)6(8)11-5/h4-7H,1-3H3,(H,19,20);4-6H,10H2,1-3H3;1H. The van der Waals surface area contributed by atoms with E-state index in [1.54, 1.807) is 12.1 Å². The minimum absolute atomic E-state index is 0.00185. The van der Waals surface area contributed by atoms with Crippen molar-refractivity contribution in [2.45, 2.75) is 13.8 Å². The van der Waals surface area contributed by atoms with Gasteiger partial charge in [-0.2, -0.15) is 10.5 Å². The summed E-state index contributed by atoms with van der Waals surface area (Å²) in [5, 5.41) is 19.6. The highest BCUT2D eigenvalue weighted by Crippen LogP contribution is 2.29. The Kier molecular flexibility index (Phi) is 12.8. The first-order chi connectivity index (χ1) is 20.2. The van der Waals surface area contributed by atoms with Gasteiger partial charge in [0.05, 0.1) is 11.1 Å². The number of nitrogen functional groups attached to an aromatic ring is 1. The highest BCUT2D eigenvalue weighted by molar-refractivity contribution is 6.33. The van der Waals surface area contributed by atoms with Crippen LogP contribution in [0.4, 0.5) is 37.3 Å². The number of aromatic nitrogens is 2. The maximum absolute atomic E-state index is 13.9. The second kappa shape index (κ2) is 15.8. The number of nitrogens with one attached hydrogen (secondary N) is 1. The molecule has 0 radical (unpaired) electrons. The molecular formula is C30H29Cl3F2N8. The first-order valence-electron chi connectivity index (χ1n) is 12.5. The molecule has 4 rings (SSSR count). The van der Waals surface area contributed by atoms with Crippen molar-refractivity contribution in [3.05, 3.63) is 97.9 Å². The zero-order valence-electron chi connectivity index (χ0n) is 24.3. The van der Waals surface area contributed by atoms with E-state index in [0.717, 1.165) is 40.3 Å². The fraction of sp³-hybridized carbons (Fsp3) is 0.200. The van der Waals surface area contributed by atoms with Gasteiger partial charge in [0.2, 0.25) is 0 Å². The van der Waals surface area contributed by atoms with Gasteiger partial charge in [-0.3, -0.25) is 0 Å². The average molecular weight is 646 g/mol. The fourth-order valence-electron chi connectivity index (χ4n) is 3.65. The largest absolute Gasteiger partial charge is 0.398 e. The van der Waals surface area contributed by atoms with Gasteiger partial charge >= 0.3 is 0 Å². The van der Waals surface area contributed by atoms with Crippen LogP contribution in [0, 0.1) is 48.1 Å². The lowest BCUT2D eigenvalue weighted by Crippen LogP contribution is -2.11. The molecule has 0 aliphatic rings. The zero-order chi connectivity index (χ0) is 32.4. The second-order valence-electron chi connectivity index (χ2n) is 9.34. The van der Waals surface area contributed by atoms with Crippen molar-refractivity contribution >= 4 is 63.4 Å². The number of nitrogens with two attached hydrogens (primary N) is 1. The first kappa shape index (κ1) is 34.8. The number of hydrogen-bond acceptors (Lipinski definition) is 8. The number of benzene rings is 2. The molecule has 2 aromatic heterocycles. The summed E-state index contributed by atoms with van der Waals surface area (Å²) in [4.78, 5) is 11.3. The van der Waals surface area contributed by atoms with E-state index >= 15 is 0 Å². The Morgan fingerprint density at radius 1 is 0.744 bits per heavy atom.